The highest BCUT2D eigenvalue weighted by Crippen LogP contribution is 2.25. The maximum atomic E-state index is 12.3. The first kappa shape index (κ1) is 13.7. The van der Waals surface area contributed by atoms with E-state index in [9.17, 15) is 9.90 Å². The fourth-order valence-corrected chi connectivity index (χ4v) is 2.69. The number of likely N-dealkylation sites (tertiary alicyclic amines) is 1. The van der Waals surface area contributed by atoms with Gasteiger partial charge in [0.05, 0.1) is 5.69 Å². The van der Waals surface area contributed by atoms with Gasteiger partial charge in [-0.3, -0.25) is 4.79 Å². The van der Waals surface area contributed by atoms with Gasteiger partial charge in [-0.15, -0.1) is 0 Å². The highest BCUT2D eigenvalue weighted by atomic mass is 16.3. The smallest absolute Gasteiger partial charge is 0.253 e. The Balaban J connectivity index is 1.99. The molecule has 0 atom stereocenters. The van der Waals surface area contributed by atoms with Crippen LogP contribution in [0.2, 0.25) is 0 Å². The number of hydrogen-bond donors (Lipinski definition) is 2. The van der Waals surface area contributed by atoms with Crippen molar-refractivity contribution in [3.63, 3.8) is 0 Å². The molecule has 0 unspecified atom stereocenters. The predicted octanol–water partition coefficient (Wildman–Crippen LogP) is 2.63. The predicted molar refractivity (Wildman–Crippen MR) is 76.1 cm³/mol. The van der Waals surface area contributed by atoms with E-state index in [2.05, 4.69) is 6.92 Å². The van der Waals surface area contributed by atoms with Gasteiger partial charge in [0, 0.05) is 18.7 Å². The Kier molecular flexibility index (Phi) is 4.30. The lowest BCUT2D eigenvalue weighted by Crippen LogP contribution is -2.38. The van der Waals surface area contributed by atoms with Gasteiger partial charge in [-0.05, 0) is 37.0 Å². The largest absolute Gasteiger partial charge is 0.506 e. The molecule has 3 N–H and O–H groups in total. The molecule has 1 aliphatic rings. The SMILES string of the molecule is CCCC1CCN(C(=O)c2ccc(N)c(O)c2)CC1. The average molecular weight is 262 g/mol. The van der Waals surface area contributed by atoms with E-state index in [-0.39, 0.29) is 11.7 Å². The molecule has 1 saturated heterocycles. The summed E-state index contributed by atoms with van der Waals surface area (Å²) in [7, 11) is 0. The summed E-state index contributed by atoms with van der Waals surface area (Å²) >= 11 is 0. The summed E-state index contributed by atoms with van der Waals surface area (Å²) in [6.07, 6.45) is 4.64. The third kappa shape index (κ3) is 3.19. The van der Waals surface area contributed by atoms with E-state index in [0.29, 0.717) is 11.3 Å². The number of carbonyl (C=O) groups is 1. The molecule has 0 aromatic heterocycles. The van der Waals surface area contributed by atoms with Crippen molar-refractivity contribution in [2.45, 2.75) is 32.6 Å². The van der Waals surface area contributed by atoms with Gasteiger partial charge in [0.25, 0.3) is 5.91 Å². The van der Waals surface area contributed by atoms with E-state index in [1.807, 2.05) is 4.90 Å². The zero-order valence-corrected chi connectivity index (χ0v) is 11.4. The summed E-state index contributed by atoms with van der Waals surface area (Å²) in [5, 5.41) is 9.56. The second-order valence-electron chi connectivity index (χ2n) is 5.30. The van der Waals surface area contributed by atoms with Crippen molar-refractivity contribution in [1.82, 2.24) is 4.90 Å². The quantitative estimate of drug-likeness (QED) is 0.650. The molecule has 104 valence electrons. The van der Waals surface area contributed by atoms with Gasteiger partial charge in [-0.25, -0.2) is 0 Å². The molecule has 19 heavy (non-hydrogen) atoms. The number of carbonyl (C=O) groups excluding carboxylic acids is 1. The monoisotopic (exact) mass is 262 g/mol. The molecule has 0 bridgehead atoms. The minimum Gasteiger partial charge on any atom is -0.506 e. The number of nitrogens with zero attached hydrogens (tertiary/aromatic N) is 1. The van der Waals surface area contributed by atoms with Crippen LogP contribution in [-0.2, 0) is 0 Å². The Morgan fingerprint density at radius 2 is 2.11 bits per heavy atom. The van der Waals surface area contributed by atoms with Gasteiger partial charge in [-0.1, -0.05) is 19.8 Å². The summed E-state index contributed by atoms with van der Waals surface area (Å²) in [6, 6.07) is 4.71. The van der Waals surface area contributed by atoms with Crippen molar-refractivity contribution >= 4 is 11.6 Å². The van der Waals surface area contributed by atoms with Crippen molar-refractivity contribution in [1.29, 1.82) is 0 Å². The highest BCUT2D eigenvalue weighted by Gasteiger charge is 2.23. The molecule has 1 aromatic carbocycles. The molecule has 4 nitrogen and oxygen atoms in total. The normalized spacial score (nSPS) is 16.6. The van der Waals surface area contributed by atoms with Crippen LogP contribution < -0.4 is 5.73 Å². The number of rotatable bonds is 3. The molecule has 0 saturated carbocycles. The van der Waals surface area contributed by atoms with Gasteiger partial charge >= 0.3 is 0 Å². The van der Waals surface area contributed by atoms with Crippen LogP contribution in [0.1, 0.15) is 43.0 Å². The number of nitrogens with two attached hydrogens (primary N) is 1. The van der Waals surface area contributed by atoms with Gasteiger partial charge < -0.3 is 15.7 Å². The lowest BCUT2D eigenvalue weighted by atomic mass is 9.92. The molecule has 1 amide bonds. The Hall–Kier alpha value is -1.71. The lowest BCUT2D eigenvalue weighted by molar-refractivity contribution is 0.0686. The van der Waals surface area contributed by atoms with Crippen LogP contribution in [0.4, 0.5) is 5.69 Å². The first-order valence-electron chi connectivity index (χ1n) is 6.99. The fraction of sp³-hybridized carbons (Fsp3) is 0.533. The van der Waals surface area contributed by atoms with Crippen molar-refractivity contribution in [3.05, 3.63) is 23.8 Å². The molecule has 1 aliphatic heterocycles. The Morgan fingerprint density at radius 3 is 2.68 bits per heavy atom. The number of phenolic OH excluding ortho intramolecular Hbond substituents is 1. The zero-order valence-electron chi connectivity index (χ0n) is 11.4. The second-order valence-corrected chi connectivity index (χ2v) is 5.30. The van der Waals surface area contributed by atoms with E-state index in [4.69, 9.17) is 5.73 Å². The maximum Gasteiger partial charge on any atom is 0.253 e. The Morgan fingerprint density at radius 1 is 1.42 bits per heavy atom. The molecule has 1 fully saturated rings. The van der Waals surface area contributed by atoms with Gasteiger partial charge in [0.1, 0.15) is 5.75 Å². The molecule has 0 aliphatic carbocycles. The van der Waals surface area contributed by atoms with E-state index in [0.717, 1.165) is 31.8 Å². The number of piperidine rings is 1. The third-order valence-electron chi connectivity index (χ3n) is 3.88. The molecule has 0 spiro atoms. The van der Waals surface area contributed by atoms with E-state index < -0.39 is 0 Å². The van der Waals surface area contributed by atoms with Crippen LogP contribution in [0.15, 0.2) is 18.2 Å². The van der Waals surface area contributed by atoms with Crippen molar-refractivity contribution in [2.24, 2.45) is 5.92 Å². The van der Waals surface area contributed by atoms with Crippen molar-refractivity contribution < 1.29 is 9.90 Å². The Bertz CT molecular complexity index is 451. The minimum atomic E-state index is -0.0216. The summed E-state index contributed by atoms with van der Waals surface area (Å²) in [5.41, 5.74) is 6.36. The number of nitrogen functional groups attached to an aromatic ring is 1. The molecule has 1 aromatic rings. The number of benzene rings is 1. The van der Waals surface area contributed by atoms with Crippen LogP contribution in [0.25, 0.3) is 0 Å². The van der Waals surface area contributed by atoms with Crippen LogP contribution in [-0.4, -0.2) is 29.0 Å². The number of amides is 1. The molecule has 4 heteroatoms. The van der Waals surface area contributed by atoms with Crippen LogP contribution >= 0.6 is 0 Å². The Labute approximate surface area is 114 Å². The standard InChI is InChI=1S/C15H22N2O2/c1-2-3-11-6-8-17(9-7-11)15(19)12-4-5-13(16)14(18)10-12/h4-5,10-11,18H,2-3,6-9,16H2,1H3. The van der Waals surface area contributed by atoms with E-state index in [1.165, 1.54) is 18.9 Å². The first-order chi connectivity index (χ1) is 9.11. The first-order valence-corrected chi connectivity index (χ1v) is 6.99. The van der Waals surface area contributed by atoms with Gasteiger partial charge in [-0.2, -0.15) is 0 Å². The van der Waals surface area contributed by atoms with Crippen molar-refractivity contribution in [3.8, 4) is 5.75 Å². The van der Waals surface area contributed by atoms with Crippen molar-refractivity contribution in [2.75, 3.05) is 18.8 Å². The molecule has 0 radical (unpaired) electrons. The van der Waals surface area contributed by atoms with Crippen LogP contribution in [0.3, 0.4) is 0 Å². The minimum absolute atomic E-state index is 0.00903. The summed E-state index contributed by atoms with van der Waals surface area (Å²) in [6.45, 7) is 3.83. The van der Waals surface area contributed by atoms with Crippen LogP contribution in [0, 0.1) is 5.92 Å². The summed E-state index contributed by atoms with van der Waals surface area (Å²) < 4.78 is 0. The number of anilines is 1. The average Bonchev–Trinajstić information content (AvgIpc) is 2.42. The van der Waals surface area contributed by atoms with Gasteiger partial charge in [0.2, 0.25) is 0 Å². The maximum absolute atomic E-state index is 12.3. The molecular weight excluding hydrogens is 240 g/mol. The van der Waals surface area contributed by atoms with Crippen LogP contribution in [0.5, 0.6) is 5.75 Å². The highest BCUT2D eigenvalue weighted by molar-refractivity contribution is 5.95. The van der Waals surface area contributed by atoms with E-state index >= 15 is 0 Å². The molecular formula is C15H22N2O2. The zero-order chi connectivity index (χ0) is 13.8. The second kappa shape index (κ2) is 5.95. The van der Waals surface area contributed by atoms with Gasteiger partial charge in [0.15, 0.2) is 0 Å². The molecule has 2 rings (SSSR count). The molecule has 1 heterocycles. The third-order valence-corrected chi connectivity index (χ3v) is 3.88. The number of phenols is 1. The number of hydrogen-bond acceptors (Lipinski definition) is 3. The number of aromatic hydroxyl groups is 1. The lowest BCUT2D eigenvalue weighted by Gasteiger charge is -2.32. The summed E-state index contributed by atoms with van der Waals surface area (Å²) in [5.74, 6) is 0.728. The summed E-state index contributed by atoms with van der Waals surface area (Å²) in [4.78, 5) is 14.2. The topological polar surface area (TPSA) is 66.6 Å². The van der Waals surface area contributed by atoms with E-state index in [1.54, 1.807) is 12.1 Å². The fourth-order valence-electron chi connectivity index (χ4n) is 2.69.